The molecule has 20 heavy (non-hydrogen) atoms. The molecule has 1 saturated carbocycles. The molecule has 0 aromatic carbocycles. The van der Waals surface area contributed by atoms with Crippen LogP contribution in [0.2, 0.25) is 0 Å². The number of aromatic amines is 1. The van der Waals surface area contributed by atoms with Gasteiger partial charge in [-0.25, -0.2) is 4.98 Å². The first-order chi connectivity index (χ1) is 9.74. The third-order valence-corrected chi connectivity index (χ3v) is 3.53. The van der Waals surface area contributed by atoms with Gasteiger partial charge in [-0.3, -0.25) is 9.59 Å². The number of rotatable bonds is 3. The van der Waals surface area contributed by atoms with E-state index in [-0.39, 0.29) is 16.9 Å². The molecule has 0 atom stereocenters. The SMILES string of the molecule is O=C(Nc1ccc[nH]c1=O)c1coc(C2CCCC2)n1. The molecule has 104 valence electrons. The lowest BCUT2D eigenvalue weighted by Gasteiger charge is -2.02. The van der Waals surface area contributed by atoms with Gasteiger partial charge in [0.2, 0.25) is 0 Å². The second-order valence-electron chi connectivity index (χ2n) is 4.92. The summed E-state index contributed by atoms with van der Waals surface area (Å²) in [6.45, 7) is 0. The topological polar surface area (TPSA) is 88.0 Å². The molecular formula is C14H15N3O3. The summed E-state index contributed by atoms with van der Waals surface area (Å²) in [5.74, 6) is 0.501. The van der Waals surface area contributed by atoms with Crippen molar-refractivity contribution in [2.45, 2.75) is 31.6 Å². The van der Waals surface area contributed by atoms with Crippen molar-refractivity contribution in [3.8, 4) is 0 Å². The standard InChI is InChI=1S/C14H15N3O3/c18-12-10(6-3-7-15-12)16-13(19)11-8-20-14(17-11)9-4-1-2-5-9/h3,6-9H,1-2,4-5H2,(H,15,18)(H,16,19). The zero-order valence-corrected chi connectivity index (χ0v) is 10.9. The van der Waals surface area contributed by atoms with Gasteiger partial charge in [-0.15, -0.1) is 0 Å². The predicted molar refractivity (Wildman–Crippen MR) is 72.7 cm³/mol. The van der Waals surface area contributed by atoms with Crippen LogP contribution < -0.4 is 10.9 Å². The first kappa shape index (κ1) is 12.7. The average molecular weight is 273 g/mol. The van der Waals surface area contributed by atoms with E-state index in [4.69, 9.17) is 4.42 Å². The molecule has 2 N–H and O–H groups in total. The van der Waals surface area contributed by atoms with Crippen LogP contribution >= 0.6 is 0 Å². The molecule has 0 aliphatic heterocycles. The normalized spacial score (nSPS) is 15.4. The summed E-state index contributed by atoms with van der Waals surface area (Å²) in [6, 6.07) is 3.18. The molecule has 0 unspecified atom stereocenters. The Morgan fingerprint density at radius 3 is 2.95 bits per heavy atom. The number of H-pyrrole nitrogens is 1. The molecule has 0 spiro atoms. The third kappa shape index (κ3) is 2.49. The number of hydrogen-bond acceptors (Lipinski definition) is 4. The summed E-state index contributed by atoms with van der Waals surface area (Å²) in [4.78, 5) is 30.2. The molecule has 1 fully saturated rings. The largest absolute Gasteiger partial charge is 0.448 e. The molecule has 2 aromatic heterocycles. The van der Waals surface area contributed by atoms with Gasteiger partial charge < -0.3 is 14.7 Å². The van der Waals surface area contributed by atoms with E-state index in [0.29, 0.717) is 11.8 Å². The van der Waals surface area contributed by atoms with Crippen LogP contribution in [0.25, 0.3) is 0 Å². The number of carbonyl (C=O) groups is 1. The number of hydrogen-bond donors (Lipinski definition) is 2. The number of amides is 1. The van der Waals surface area contributed by atoms with Crippen LogP contribution in [0.5, 0.6) is 0 Å². The zero-order chi connectivity index (χ0) is 13.9. The third-order valence-electron chi connectivity index (χ3n) is 3.53. The van der Waals surface area contributed by atoms with Crippen LogP contribution in [0.15, 0.2) is 33.8 Å². The van der Waals surface area contributed by atoms with Crippen LogP contribution in [-0.4, -0.2) is 15.9 Å². The molecular weight excluding hydrogens is 258 g/mol. The lowest BCUT2D eigenvalue weighted by atomic mass is 10.1. The number of pyridine rings is 1. The summed E-state index contributed by atoms with van der Waals surface area (Å²) in [7, 11) is 0. The molecule has 0 saturated heterocycles. The molecule has 1 aliphatic carbocycles. The lowest BCUT2D eigenvalue weighted by Crippen LogP contribution is -2.19. The van der Waals surface area contributed by atoms with Crippen molar-refractivity contribution >= 4 is 11.6 Å². The van der Waals surface area contributed by atoms with Gasteiger partial charge in [-0.1, -0.05) is 12.8 Å². The number of nitrogens with one attached hydrogen (secondary N) is 2. The quantitative estimate of drug-likeness (QED) is 0.897. The van der Waals surface area contributed by atoms with Gasteiger partial charge in [0.1, 0.15) is 12.0 Å². The fourth-order valence-electron chi connectivity index (χ4n) is 2.46. The van der Waals surface area contributed by atoms with Crippen molar-refractivity contribution in [1.29, 1.82) is 0 Å². The van der Waals surface area contributed by atoms with Crippen LogP contribution in [0, 0.1) is 0 Å². The van der Waals surface area contributed by atoms with Gasteiger partial charge in [0.15, 0.2) is 11.6 Å². The first-order valence-electron chi connectivity index (χ1n) is 6.68. The van der Waals surface area contributed by atoms with Crippen molar-refractivity contribution in [1.82, 2.24) is 9.97 Å². The van der Waals surface area contributed by atoms with E-state index in [1.165, 1.54) is 31.4 Å². The second-order valence-corrected chi connectivity index (χ2v) is 4.92. The van der Waals surface area contributed by atoms with E-state index in [1.54, 1.807) is 6.07 Å². The molecule has 0 bridgehead atoms. The van der Waals surface area contributed by atoms with E-state index >= 15 is 0 Å². The summed E-state index contributed by atoms with van der Waals surface area (Å²) < 4.78 is 5.38. The Balaban J connectivity index is 1.74. The minimum Gasteiger partial charge on any atom is -0.448 e. The second kappa shape index (κ2) is 5.32. The smallest absolute Gasteiger partial charge is 0.277 e. The van der Waals surface area contributed by atoms with Crippen LogP contribution in [0.4, 0.5) is 5.69 Å². The van der Waals surface area contributed by atoms with Crippen molar-refractivity contribution in [2.24, 2.45) is 0 Å². The van der Waals surface area contributed by atoms with E-state index in [2.05, 4.69) is 15.3 Å². The Morgan fingerprint density at radius 2 is 2.20 bits per heavy atom. The minimum absolute atomic E-state index is 0.197. The number of oxazole rings is 1. The summed E-state index contributed by atoms with van der Waals surface area (Å²) in [6.07, 6.45) is 7.31. The highest BCUT2D eigenvalue weighted by Gasteiger charge is 2.23. The number of nitrogens with zero attached hydrogens (tertiary/aromatic N) is 1. The molecule has 1 aliphatic rings. The summed E-state index contributed by atoms with van der Waals surface area (Å²) in [5, 5.41) is 2.53. The molecule has 0 radical (unpaired) electrons. The Morgan fingerprint density at radius 1 is 1.40 bits per heavy atom. The predicted octanol–water partition coefficient (Wildman–Crippen LogP) is 2.27. The molecule has 6 heteroatoms. The van der Waals surface area contributed by atoms with Crippen molar-refractivity contribution in [3.05, 3.63) is 46.5 Å². The first-order valence-corrected chi connectivity index (χ1v) is 6.68. The molecule has 6 nitrogen and oxygen atoms in total. The Bertz CT molecular complexity index is 668. The molecule has 3 rings (SSSR count). The van der Waals surface area contributed by atoms with Crippen LogP contribution in [-0.2, 0) is 0 Å². The van der Waals surface area contributed by atoms with Crippen molar-refractivity contribution in [2.75, 3.05) is 5.32 Å². The Hall–Kier alpha value is -2.37. The van der Waals surface area contributed by atoms with E-state index < -0.39 is 5.91 Å². The van der Waals surface area contributed by atoms with Gasteiger partial charge in [-0.2, -0.15) is 0 Å². The fraction of sp³-hybridized carbons (Fsp3) is 0.357. The van der Waals surface area contributed by atoms with Crippen LogP contribution in [0.3, 0.4) is 0 Å². The minimum atomic E-state index is -0.435. The van der Waals surface area contributed by atoms with Gasteiger partial charge >= 0.3 is 0 Å². The highest BCUT2D eigenvalue weighted by Crippen LogP contribution is 2.33. The maximum absolute atomic E-state index is 12.0. The highest BCUT2D eigenvalue weighted by molar-refractivity contribution is 6.02. The fourth-order valence-corrected chi connectivity index (χ4v) is 2.46. The zero-order valence-electron chi connectivity index (χ0n) is 10.9. The van der Waals surface area contributed by atoms with Gasteiger partial charge in [0, 0.05) is 12.1 Å². The van der Waals surface area contributed by atoms with E-state index in [1.807, 2.05) is 0 Å². The molecule has 2 heterocycles. The Kier molecular flexibility index (Phi) is 3.37. The molecule has 1 amide bonds. The Labute approximate surface area is 115 Å². The van der Waals surface area contributed by atoms with Gasteiger partial charge in [-0.05, 0) is 25.0 Å². The number of aromatic nitrogens is 2. The maximum Gasteiger partial charge on any atom is 0.277 e. The van der Waals surface area contributed by atoms with E-state index in [9.17, 15) is 9.59 Å². The molecule has 2 aromatic rings. The average Bonchev–Trinajstić information content (AvgIpc) is 3.11. The van der Waals surface area contributed by atoms with Crippen molar-refractivity contribution < 1.29 is 9.21 Å². The van der Waals surface area contributed by atoms with E-state index in [0.717, 1.165) is 12.8 Å². The monoisotopic (exact) mass is 273 g/mol. The maximum atomic E-state index is 12.0. The number of carbonyl (C=O) groups excluding carboxylic acids is 1. The van der Waals surface area contributed by atoms with Crippen LogP contribution in [0.1, 0.15) is 48.0 Å². The number of anilines is 1. The summed E-state index contributed by atoms with van der Waals surface area (Å²) >= 11 is 0. The highest BCUT2D eigenvalue weighted by atomic mass is 16.3. The van der Waals surface area contributed by atoms with Crippen molar-refractivity contribution in [3.63, 3.8) is 0 Å². The summed E-state index contributed by atoms with van der Waals surface area (Å²) in [5.41, 5.74) is 0.0541. The van der Waals surface area contributed by atoms with Gasteiger partial charge in [0.05, 0.1) is 0 Å². The lowest BCUT2D eigenvalue weighted by molar-refractivity contribution is 0.102. The van der Waals surface area contributed by atoms with Gasteiger partial charge in [0.25, 0.3) is 11.5 Å².